The minimum Gasteiger partial charge on any atom is -0.302 e. The van der Waals surface area contributed by atoms with Crippen LogP contribution in [-0.2, 0) is 4.84 Å². The Morgan fingerprint density at radius 2 is 1.14 bits per heavy atom. The Morgan fingerprint density at radius 3 is 1.52 bits per heavy atom. The Morgan fingerprint density at radius 1 is 0.714 bits per heavy atom. The summed E-state index contributed by atoms with van der Waals surface area (Å²) in [4.78, 5) is 5.56. The first-order valence-electron chi connectivity index (χ1n) is 9.67. The zero-order valence-electron chi connectivity index (χ0n) is 14.3. The van der Waals surface area contributed by atoms with E-state index in [1.807, 2.05) is 7.11 Å². The molecule has 0 aromatic rings. The van der Waals surface area contributed by atoms with Crippen LogP contribution in [0.25, 0.3) is 0 Å². The van der Waals surface area contributed by atoms with Gasteiger partial charge < -0.3 is 4.84 Å². The molecule has 0 heterocycles. The molecule has 2 rings (SSSR count). The van der Waals surface area contributed by atoms with Crippen LogP contribution >= 0.6 is 0 Å². The van der Waals surface area contributed by atoms with Crippen LogP contribution in [0.1, 0.15) is 89.9 Å². The van der Waals surface area contributed by atoms with E-state index in [0.717, 1.165) is 24.9 Å². The van der Waals surface area contributed by atoms with E-state index in [4.69, 9.17) is 4.84 Å². The molecule has 0 unspecified atom stereocenters. The van der Waals surface area contributed by atoms with Crippen LogP contribution in [0.2, 0.25) is 0 Å². The van der Waals surface area contributed by atoms with Crippen LogP contribution in [0.5, 0.6) is 0 Å². The smallest absolute Gasteiger partial charge is 0.0575 e. The Balaban J connectivity index is 1.50. The van der Waals surface area contributed by atoms with E-state index in [1.54, 1.807) is 0 Å². The molecule has 0 radical (unpaired) electrons. The number of hydrogen-bond acceptors (Lipinski definition) is 2. The molecule has 0 aliphatic heterocycles. The second kappa shape index (κ2) is 10.6. The number of hydroxylamine groups is 2. The Kier molecular flexibility index (Phi) is 8.73. The van der Waals surface area contributed by atoms with E-state index in [1.165, 1.54) is 89.9 Å². The minimum absolute atomic E-state index is 1.01. The number of hydrogen-bond donors (Lipinski definition) is 0. The van der Waals surface area contributed by atoms with Crippen molar-refractivity contribution in [3.63, 3.8) is 0 Å². The molecule has 0 spiro atoms. The maximum absolute atomic E-state index is 5.56. The lowest BCUT2D eigenvalue weighted by atomic mass is 9.86. The fourth-order valence-corrected chi connectivity index (χ4v) is 4.36. The third kappa shape index (κ3) is 7.15. The summed E-state index contributed by atoms with van der Waals surface area (Å²) in [6.45, 7) is 2.27. The molecule has 2 aliphatic rings. The van der Waals surface area contributed by atoms with E-state index >= 15 is 0 Å². The average molecular weight is 296 g/mol. The molecular weight excluding hydrogens is 258 g/mol. The standard InChI is InChI=1S/C19H37NO/c1-21-20(16-8-14-18-10-4-2-5-11-18)17-9-15-19-12-6-3-7-13-19/h18-19H,2-17H2,1H3. The molecule has 2 fully saturated rings. The van der Waals surface area contributed by atoms with Crippen molar-refractivity contribution in [1.29, 1.82) is 0 Å². The van der Waals surface area contributed by atoms with Gasteiger partial charge in [0.25, 0.3) is 0 Å². The highest BCUT2D eigenvalue weighted by Crippen LogP contribution is 2.28. The van der Waals surface area contributed by atoms with Crippen molar-refractivity contribution in [3.05, 3.63) is 0 Å². The van der Waals surface area contributed by atoms with Gasteiger partial charge >= 0.3 is 0 Å². The molecule has 0 amide bonds. The zero-order valence-corrected chi connectivity index (χ0v) is 14.3. The Labute approximate surface area is 132 Å². The van der Waals surface area contributed by atoms with Gasteiger partial charge in [0.1, 0.15) is 0 Å². The third-order valence-electron chi connectivity index (χ3n) is 5.75. The fourth-order valence-electron chi connectivity index (χ4n) is 4.36. The van der Waals surface area contributed by atoms with Gasteiger partial charge in [0.15, 0.2) is 0 Å². The Bertz CT molecular complexity index is 220. The predicted octanol–water partition coefficient (Wildman–Crippen LogP) is 5.57. The van der Waals surface area contributed by atoms with Gasteiger partial charge in [-0.2, -0.15) is 5.06 Å². The van der Waals surface area contributed by atoms with Gasteiger partial charge in [-0.05, 0) is 37.5 Å². The SMILES string of the molecule is CON(CCCC1CCCCC1)CCCC1CCCCC1. The maximum Gasteiger partial charge on any atom is 0.0575 e. The summed E-state index contributed by atoms with van der Waals surface area (Å²) in [6.07, 6.45) is 20.2. The second-order valence-corrected chi connectivity index (χ2v) is 7.40. The summed E-state index contributed by atoms with van der Waals surface area (Å²) in [5, 5.41) is 2.21. The molecule has 0 N–H and O–H groups in total. The summed E-state index contributed by atoms with van der Waals surface area (Å²) in [6, 6.07) is 0. The molecule has 124 valence electrons. The molecule has 0 aromatic heterocycles. The molecule has 2 aliphatic carbocycles. The third-order valence-corrected chi connectivity index (χ3v) is 5.75. The van der Waals surface area contributed by atoms with Crippen LogP contribution in [-0.4, -0.2) is 25.3 Å². The van der Waals surface area contributed by atoms with Crippen molar-refractivity contribution >= 4 is 0 Å². The predicted molar refractivity (Wildman–Crippen MR) is 90.2 cm³/mol. The van der Waals surface area contributed by atoms with Crippen LogP contribution in [0.15, 0.2) is 0 Å². The molecule has 0 saturated heterocycles. The van der Waals surface area contributed by atoms with E-state index in [2.05, 4.69) is 5.06 Å². The topological polar surface area (TPSA) is 12.5 Å². The normalized spacial score (nSPS) is 22.0. The average Bonchev–Trinajstić information content (AvgIpc) is 2.55. The van der Waals surface area contributed by atoms with Gasteiger partial charge in [-0.3, -0.25) is 0 Å². The van der Waals surface area contributed by atoms with Crippen LogP contribution in [0.3, 0.4) is 0 Å². The van der Waals surface area contributed by atoms with Crippen molar-refractivity contribution in [2.24, 2.45) is 11.8 Å². The van der Waals surface area contributed by atoms with E-state index in [9.17, 15) is 0 Å². The second-order valence-electron chi connectivity index (χ2n) is 7.40. The van der Waals surface area contributed by atoms with Gasteiger partial charge in [0, 0.05) is 13.1 Å². The summed E-state index contributed by atoms with van der Waals surface area (Å²) in [5.74, 6) is 2.03. The van der Waals surface area contributed by atoms with Crippen molar-refractivity contribution in [2.45, 2.75) is 89.9 Å². The molecule has 2 heteroatoms. The fraction of sp³-hybridized carbons (Fsp3) is 1.00. The first kappa shape index (κ1) is 17.3. The summed E-state index contributed by atoms with van der Waals surface area (Å²) < 4.78 is 0. The highest BCUT2D eigenvalue weighted by molar-refractivity contribution is 4.68. The maximum atomic E-state index is 5.56. The van der Waals surface area contributed by atoms with Gasteiger partial charge in [-0.15, -0.1) is 0 Å². The molecule has 0 bridgehead atoms. The van der Waals surface area contributed by atoms with Crippen molar-refractivity contribution in [2.75, 3.05) is 20.2 Å². The quantitative estimate of drug-likeness (QED) is 0.515. The monoisotopic (exact) mass is 295 g/mol. The van der Waals surface area contributed by atoms with Crippen molar-refractivity contribution < 1.29 is 4.84 Å². The molecule has 2 saturated carbocycles. The van der Waals surface area contributed by atoms with Gasteiger partial charge in [-0.1, -0.05) is 64.2 Å². The number of rotatable bonds is 9. The van der Waals surface area contributed by atoms with Gasteiger partial charge in [0.2, 0.25) is 0 Å². The zero-order chi connectivity index (χ0) is 14.8. The minimum atomic E-state index is 1.01. The molecule has 0 aromatic carbocycles. The van der Waals surface area contributed by atoms with E-state index < -0.39 is 0 Å². The van der Waals surface area contributed by atoms with Crippen molar-refractivity contribution in [1.82, 2.24) is 5.06 Å². The summed E-state index contributed by atoms with van der Waals surface area (Å²) in [7, 11) is 1.85. The lowest BCUT2D eigenvalue weighted by molar-refractivity contribution is -0.133. The van der Waals surface area contributed by atoms with E-state index in [0.29, 0.717) is 0 Å². The van der Waals surface area contributed by atoms with Gasteiger partial charge in [0.05, 0.1) is 7.11 Å². The molecule has 2 nitrogen and oxygen atoms in total. The summed E-state index contributed by atoms with van der Waals surface area (Å²) >= 11 is 0. The largest absolute Gasteiger partial charge is 0.302 e. The first-order valence-corrected chi connectivity index (χ1v) is 9.67. The molecule has 21 heavy (non-hydrogen) atoms. The van der Waals surface area contributed by atoms with Crippen LogP contribution in [0.4, 0.5) is 0 Å². The lowest BCUT2D eigenvalue weighted by Crippen LogP contribution is -2.26. The first-order chi connectivity index (χ1) is 10.4. The van der Waals surface area contributed by atoms with Crippen LogP contribution < -0.4 is 0 Å². The Hall–Kier alpha value is -0.0800. The highest BCUT2D eigenvalue weighted by atomic mass is 16.7. The summed E-state index contributed by atoms with van der Waals surface area (Å²) in [5.41, 5.74) is 0. The highest BCUT2D eigenvalue weighted by Gasteiger charge is 2.15. The van der Waals surface area contributed by atoms with Gasteiger partial charge in [-0.25, -0.2) is 0 Å². The number of nitrogens with zero attached hydrogens (tertiary/aromatic N) is 1. The molecule has 0 atom stereocenters. The van der Waals surface area contributed by atoms with E-state index in [-0.39, 0.29) is 0 Å². The molecular formula is C19H37NO. The van der Waals surface area contributed by atoms with Crippen molar-refractivity contribution in [3.8, 4) is 0 Å². The lowest BCUT2D eigenvalue weighted by Gasteiger charge is -2.25. The van der Waals surface area contributed by atoms with Crippen LogP contribution in [0, 0.1) is 11.8 Å².